The molecule has 29 heavy (non-hydrogen) atoms. The fraction of sp³-hybridized carbons (Fsp3) is 1.00. The Kier molecular flexibility index (Phi) is 20.7. The van der Waals surface area contributed by atoms with Crippen LogP contribution in [-0.4, -0.2) is 28.7 Å². The Labute approximate surface area is 188 Å². The van der Waals surface area contributed by atoms with Crippen LogP contribution in [0.4, 0.5) is 0 Å². The highest BCUT2D eigenvalue weighted by Gasteiger charge is 2.40. The standard InChI is InChI=1S/C23H51NO3Si.ClH/c1-4-5-6-7-8-9-10-11-12-13-14-15-16-17-18-19-20-22(28(25,26)27)21-23(2,3)24;/h22,25-27H,4-21,24H2,1-3H3;1H. The van der Waals surface area contributed by atoms with Crippen LogP contribution in [0.1, 0.15) is 136 Å². The van der Waals surface area contributed by atoms with Gasteiger partial charge in [-0.25, -0.2) is 0 Å². The summed E-state index contributed by atoms with van der Waals surface area (Å²) < 4.78 is 0. The lowest BCUT2D eigenvalue weighted by atomic mass is 9.96. The molecule has 0 aliphatic carbocycles. The molecule has 0 saturated heterocycles. The molecule has 0 aromatic rings. The lowest BCUT2D eigenvalue weighted by molar-refractivity contribution is 0.195. The number of unbranched alkanes of at least 4 members (excludes halogenated alkanes) is 15. The summed E-state index contributed by atoms with van der Waals surface area (Å²) in [6.45, 7) is 6.01. The lowest BCUT2D eigenvalue weighted by Gasteiger charge is -2.29. The largest absolute Gasteiger partial charge is 0.496 e. The van der Waals surface area contributed by atoms with Crippen molar-refractivity contribution in [2.45, 2.75) is 147 Å². The van der Waals surface area contributed by atoms with Gasteiger partial charge in [0.15, 0.2) is 0 Å². The summed E-state index contributed by atoms with van der Waals surface area (Å²) in [4.78, 5) is 29.0. The summed E-state index contributed by atoms with van der Waals surface area (Å²) in [7, 11) is -4.09. The van der Waals surface area contributed by atoms with Crippen LogP contribution in [0.5, 0.6) is 0 Å². The average Bonchev–Trinajstić information content (AvgIpc) is 2.58. The number of halogens is 1. The minimum atomic E-state index is -4.09. The Hall–Kier alpha value is 0.347. The second-order valence-corrected chi connectivity index (χ2v) is 11.9. The van der Waals surface area contributed by atoms with Crippen molar-refractivity contribution in [1.82, 2.24) is 0 Å². The van der Waals surface area contributed by atoms with Crippen LogP contribution in [0, 0.1) is 0 Å². The van der Waals surface area contributed by atoms with E-state index in [2.05, 4.69) is 6.92 Å². The van der Waals surface area contributed by atoms with Gasteiger partial charge in [0.05, 0.1) is 0 Å². The first kappa shape index (κ1) is 31.5. The van der Waals surface area contributed by atoms with E-state index < -0.39 is 19.9 Å². The quantitative estimate of drug-likeness (QED) is 0.125. The molecule has 6 heteroatoms. The van der Waals surface area contributed by atoms with Crippen LogP contribution in [0.15, 0.2) is 0 Å². The third-order valence-electron chi connectivity index (χ3n) is 5.73. The molecule has 4 nitrogen and oxygen atoms in total. The predicted octanol–water partition coefficient (Wildman–Crippen LogP) is 6.47. The fourth-order valence-corrected chi connectivity index (χ4v) is 5.40. The van der Waals surface area contributed by atoms with E-state index in [1.165, 1.54) is 89.9 Å². The van der Waals surface area contributed by atoms with E-state index in [1.54, 1.807) is 0 Å². The number of rotatable bonds is 20. The monoisotopic (exact) mass is 453 g/mol. The summed E-state index contributed by atoms with van der Waals surface area (Å²) in [5.41, 5.74) is 5.06. The maximum atomic E-state index is 9.66. The zero-order chi connectivity index (χ0) is 21.3. The van der Waals surface area contributed by atoms with Gasteiger partial charge in [0.1, 0.15) is 0 Å². The number of hydrogen-bond donors (Lipinski definition) is 4. The molecule has 178 valence electrons. The molecule has 0 fully saturated rings. The molecule has 5 N–H and O–H groups in total. The molecule has 0 bridgehead atoms. The molecule has 0 radical (unpaired) electrons. The maximum Gasteiger partial charge on any atom is 0.496 e. The molecule has 1 unspecified atom stereocenters. The van der Waals surface area contributed by atoms with Gasteiger partial charge in [-0.05, 0) is 26.7 Å². The lowest BCUT2D eigenvalue weighted by Crippen LogP contribution is -2.45. The molecule has 0 amide bonds. The summed E-state index contributed by atoms with van der Waals surface area (Å²) in [5, 5.41) is 0. The van der Waals surface area contributed by atoms with Gasteiger partial charge in [-0.3, -0.25) is 0 Å². The van der Waals surface area contributed by atoms with Crippen molar-refractivity contribution in [3.05, 3.63) is 0 Å². The van der Waals surface area contributed by atoms with Crippen molar-refractivity contribution >= 4 is 21.2 Å². The van der Waals surface area contributed by atoms with Gasteiger partial charge >= 0.3 is 8.80 Å². The van der Waals surface area contributed by atoms with E-state index in [4.69, 9.17) is 5.73 Å². The van der Waals surface area contributed by atoms with Gasteiger partial charge in [-0.2, -0.15) is 0 Å². The third kappa shape index (κ3) is 22.8. The molecule has 0 aliphatic rings. The highest BCUT2D eigenvalue weighted by molar-refractivity contribution is 6.58. The first-order valence-corrected chi connectivity index (χ1v) is 14.0. The number of hydrogen-bond acceptors (Lipinski definition) is 4. The molecule has 0 aliphatic heterocycles. The molecule has 0 heterocycles. The summed E-state index contributed by atoms with van der Waals surface area (Å²) >= 11 is 0. The molecular weight excluding hydrogens is 402 g/mol. The number of nitrogens with two attached hydrogens (primary N) is 1. The second kappa shape index (κ2) is 19.1. The van der Waals surface area contributed by atoms with E-state index in [1.807, 2.05) is 13.8 Å². The van der Waals surface area contributed by atoms with Crippen molar-refractivity contribution in [2.24, 2.45) is 5.73 Å². The second-order valence-electron chi connectivity index (χ2n) is 9.67. The van der Waals surface area contributed by atoms with Crippen LogP contribution >= 0.6 is 12.4 Å². The van der Waals surface area contributed by atoms with Gasteiger partial charge in [-0.1, -0.05) is 110 Å². The highest BCUT2D eigenvalue weighted by Crippen LogP contribution is 2.30. The average molecular weight is 454 g/mol. The summed E-state index contributed by atoms with van der Waals surface area (Å²) in [6.07, 6.45) is 22.3. The summed E-state index contributed by atoms with van der Waals surface area (Å²) in [6, 6.07) is 0. The Balaban J connectivity index is 0. The van der Waals surface area contributed by atoms with Crippen LogP contribution < -0.4 is 5.73 Å². The normalized spacial score (nSPS) is 13.3. The van der Waals surface area contributed by atoms with E-state index in [-0.39, 0.29) is 12.4 Å². The molecule has 0 aromatic heterocycles. The highest BCUT2D eigenvalue weighted by atomic mass is 35.5. The van der Waals surface area contributed by atoms with E-state index >= 15 is 0 Å². The predicted molar refractivity (Wildman–Crippen MR) is 130 cm³/mol. The zero-order valence-electron chi connectivity index (χ0n) is 19.6. The summed E-state index contributed by atoms with van der Waals surface area (Å²) in [5.74, 6) is 0. The van der Waals surface area contributed by atoms with Gasteiger partial charge in [0, 0.05) is 11.1 Å². The van der Waals surface area contributed by atoms with Crippen molar-refractivity contribution < 1.29 is 14.4 Å². The topological polar surface area (TPSA) is 86.7 Å². The van der Waals surface area contributed by atoms with Gasteiger partial charge in [-0.15, -0.1) is 12.4 Å². The van der Waals surface area contributed by atoms with Crippen LogP contribution in [-0.2, 0) is 0 Å². The molecular formula is C23H52ClNO3Si. The van der Waals surface area contributed by atoms with Crippen molar-refractivity contribution in [2.75, 3.05) is 0 Å². The Bertz CT molecular complexity index is 346. The van der Waals surface area contributed by atoms with E-state index in [9.17, 15) is 14.4 Å². The van der Waals surface area contributed by atoms with Crippen LogP contribution in [0.2, 0.25) is 5.54 Å². The van der Waals surface area contributed by atoms with Gasteiger partial charge < -0.3 is 20.1 Å². The molecule has 0 aromatic carbocycles. The molecule has 0 saturated carbocycles. The van der Waals surface area contributed by atoms with Gasteiger partial charge in [0.2, 0.25) is 0 Å². The Morgan fingerprint density at radius 1 is 0.655 bits per heavy atom. The fourth-order valence-electron chi connectivity index (χ4n) is 4.01. The van der Waals surface area contributed by atoms with E-state index in [0.29, 0.717) is 12.8 Å². The van der Waals surface area contributed by atoms with E-state index in [0.717, 1.165) is 12.8 Å². The Morgan fingerprint density at radius 2 is 0.966 bits per heavy atom. The first-order chi connectivity index (χ1) is 13.2. The smallest absolute Gasteiger partial charge is 0.390 e. The maximum absolute atomic E-state index is 9.66. The Morgan fingerprint density at radius 3 is 1.24 bits per heavy atom. The minimum Gasteiger partial charge on any atom is -0.390 e. The third-order valence-corrected chi connectivity index (χ3v) is 7.31. The molecule has 1 atom stereocenters. The van der Waals surface area contributed by atoms with Crippen molar-refractivity contribution in [1.29, 1.82) is 0 Å². The molecule has 0 spiro atoms. The van der Waals surface area contributed by atoms with Gasteiger partial charge in [0.25, 0.3) is 0 Å². The zero-order valence-corrected chi connectivity index (χ0v) is 21.4. The van der Waals surface area contributed by atoms with Crippen molar-refractivity contribution in [3.8, 4) is 0 Å². The molecule has 0 rings (SSSR count). The van der Waals surface area contributed by atoms with Crippen molar-refractivity contribution in [3.63, 3.8) is 0 Å². The van der Waals surface area contributed by atoms with Crippen LogP contribution in [0.25, 0.3) is 0 Å². The first-order valence-electron chi connectivity index (χ1n) is 12.1. The SMILES string of the molecule is CCCCCCCCCCCCCCCCCCC(CC(C)(C)N)[Si](O)(O)O.Cl. The van der Waals surface area contributed by atoms with Crippen LogP contribution in [0.3, 0.4) is 0 Å². The minimum absolute atomic E-state index is 0.